The Kier molecular flexibility index (Phi) is 5.01. The van der Waals surface area contributed by atoms with Gasteiger partial charge in [0.05, 0.1) is 11.6 Å². The van der Waals surface area contributed by atoms with E-state index in [0.717, 1.165) is 12.0 Å². The number of benzene rings is 1. The molecule has 0 heterocycles. The van der Waals surface area contributed by atoms with E-state index in [-0.39, 0.29) is 11.0 Å². The topological polar surface area (TPSA) is 35.8 Å². The van der Waals surface area contributed by atoms with E-state index >= 15 is 0 Å². The molecular weight excluding hydrogens is 256 g/mol. The quantitative estimate of drug-likeness (QED) is 0.879. The number of nitrogens with zero attached hydrogens (tertiary/aromatic N) is 1. The number of nitriles is 1. The molecule has 2 nitrogen and oxygen atoms in total. The normalized spacial score (nSPS) is 12.3. The lowest BCUT2D eigenvalue weighted by Gasteiger charge is -2.33. The second-order valence-corrected chi connectivity index (χ2v) is 7.30. The van der Waals surface area contributed by atoms with Crippen molar-refractivity contribution in [2.24, 2.45) is 5.41 Å². The van der Waals surface area contributed by atoms with Gasteiger partial charge in [-0.15, -0.1) is 0 Å². The molecule has 0 radical (unpaired) electrons. The molecule has 0 bridgehead atoms. The van der Waals surface area contributed by atoms with E-state index in [1.165, 1.54) is 0 Å². The standard InChI is InChI=1S/C16H23ClN2/c1-15(2,3)11-16(4,5)19-10-13-7-6-12(9-18)8-14(13)17/h6-8,19H,10-11H2,1-5H3. The Morgan fingerprint density at radius 1 is 1.21 bits per heavy atom. The van der Waals surface area contributed by atoms with E-state index < -0.39 is 0 Å². The van der Waals surface area contributed by atoms with Crippen LogP contribution in [0, 0.1) is 16.7 Å². The van der Waals surface area contributed by atoms with Gasteiger partial charge in [0.15, 0.2) is 0 Å². The molecule has 0 amide bonds. The van der Waals surface area contributed by atoms with Gasteiger partial charge in [0.2, 0.25) is 0 Å². The molecule has 1 aromatic carbocycles. The molecular formula is C16H23ClN2. The van der Waals surface area contributed by atoms with Crippen LogP contribution in [0.4, 0.5) is 0 Å². The van der Waals surface area contributed by atoms with Gasteiger partial charge in [-0.25, -0.2) is 0 Å². The zero-order valence-electron chi connectivity index (χ0n) is 12.5. The molecule has 0 fully saturated rings. The fraction of sp³-hybridized carbons (Fsp3) is 0.562. The van der Waals surface area contributed by atoms with Gasteiger partial charge in [-0.1, -0.05) is 38.4 Å². The van der Waals surface area contributed by atoms with Gasteiger partial charge in [0, 0.05) is 17.1 Å². The number of halogens is 1. The van der Waals surface area contributed by atoms with Gasteiger partial charge in [0.25, 0.3) is 0 Å². The molecule has 104 valence electrons. The highest BCUT2D eigenvalue weighted by atomic mass is 35.5. The largest absolute Gasteiger partial charge is 0.308 e. The zero-order chi connectivity index (χ0) is 14.7. The Hall–Kier alpha value is -1.04. The van der Waals surface area contributed by atoms with E-state index in [2.05, 4.69) is 46.0 Å². The van der Waals surface area contributed by atoms with Crippen molar-refractivity contribution in [1.82, 2.24) is 5.32 Å². The van der Waals surface area contributed by atoms with Crippen LogP contribution in [0.1, 0.15) is 52.2 Å². The third-order valence-corrected chi connectivity index (χ3v) is 3.26. The van der Waals surface area contributed by atoms with Gasteiger partial charge in [0.1, 0.15) is 0 Å². The summed E-state index contributed by atoms with van der Waals surface area (Å²) in [4.78, 5) is 0. The summed E-state index contributed by atoms with van der Waals surface area (Å²) in [6, 6.07) is 7.53. The second-order valence-electron chi connectivity index (χ2n) is 6.89. The van der Waals surface area contributed by atoms with Crippen molar-refractivity contribution in [2.75, 3.05) is 0 Å². The lowest BCUT2D eigenvalue weighted by Crippen LogP contribution is -2.41. The van der Waals surface area contributed by atoms with Gasteiger partial charge in [-0.2, -0.15) is 5.26 Å². The lowest BCUT2D eigenvalue weighted by molar-refractivity contribution is 0.241. The van der Waals surface area contributed by atoms with Crippen molar-refractivity contribution >= 4 is 11.6 Å². The number of rotatable bonds is 4. The highest BCUT2D eigenvalue weighted by Crippen LogP contribution is 2.27. The maximum absolute atomic E-state index is 8.82. The molecule has 0 aromatic heterocycles. The number of hydrogen-bond acceptors (Lipinski definition) is 2. The number of nitrogens with one attached hydrogen (secondary N) is 1. The van der Waals surface area contributed by atoms with Crippen LogP contribution in [-0.4, -0.2) is 5.54 Å². The summed E-state index contributed by atoms with van der Waals surface area (Å²) in [5, 5.41) is 13.0. The van der Waals surface area contributed by atoms with Crippen LogP contribution in [0.5, 0.6) is 0 Å². The molecule has 0 saturated carbocycles. The summed E-state index contributed by atoms with van der Waals surface area (Å²) >= 11 is 6.18. The average Bonchev–Trinajstić information content (AvgIpc) is 2.24. The first-order chi connectivity index (χ1) is 8.63. The second kappa shape index (κ2) is 5.94. The van der Waals surface area contributed by atoms with Crippen LogP contribution < -0.4 is 5.32 Å². The Balaban J connectivity index is 2.69. The van der Waals surface area contributed by atoms with Crippen LogP contribution in [0.2, 0.25) is 5.02 Å². The maximum Gasteiger partial charge on any atom is 0.0992 e. The van der Waals surface area contributed by atoms with Crippen LogP contribution in [-0.2, 0) is 6.54 Å². The molecule has 0 aliphatic heterocycles. The summed E-state index contributed by atoms with van der Waals surface area (Å²) in [6.07, 6.45) is 1.08. The van der Waals surface area contributed by atoms with Crippen molar-refractivity contribution < 1.29 is 0 Å². The zero-order valence-corrected chi connectivity index (χ0v) is 13.2. The van der Waals surface area contributed by atoms with Crippen LogP contribution in [0.25, 0.3) is 0 Å². The smallest absolute Gasteiger partial charge is 0.0992 e. The van der Waals surface area contributed by atoms with Gasteiger partial charge in [-0.3, -0.25) is 0 Å². The summed E-state index contributed by atoms with van der Waals surface area (Å²) < 4.78 is 0. The average molecular weight is 279 g/mol. The highest BCUT2D eigenvalue weighted by molar-refractivity contribution is 6.31. The molecule has 1 rings (SSSR count). The summed E-state index contributed by atoms with van der Waals surface area (Å²) in [5.41, 5.74) is 1.96. The third kappa shape index (κ3) is 5.63. The van der Waals surface area contributed by atoms with Crippen molar-refractivity contribution in [1.29, 1.82) is 5.26 Å². The summed E-state index contributed by atoms with van der Waals surface area (Å²) in [6.45, 7) is 11.8. The lowest BCUT2D eigenvalue weighted by atomic mass is 9.82. The molecule has 0 unspecified atom stereocenters. The molecule has 0 atom stereocenters. The van der Waals surface area contributed by atoms with Gasteiger partial charge in [-0.05, 0) is 43.4 Å². The summed E-state index contributed by atoms with van der Waals surface area (Å²) in [5.74, 6) is 0. The first-order valence-electron chi connectivity index (χ1n) is 6.56. The van der Waals surface area contributed by atoms with Crippen LogP contribution >= 0.6 is 11.6 Å². The molecule has 1 aromatic rings. The Morgan fingerprint density at radius 3 is 2.32 bits per heavy atom. The summed E-state index contributed by atoms with van der Waals surface area (Å²) in [7, 11) is 0. The molecule has 0 spiro atoms. The van der Waals surface area contributed by atoms with E-state index in [1.807, 2.05) is 6.07 Å². The van der Waals surface area contributed by atoms with Crippen molar-refractivity contribution in [2.45, 2.75) is 53.1 Å². The maximum atomic E-state index is 8.82. The SMILES string of the molecule is CC(C)(C)CC(C)(C)NCc1ccc(C#N)cc1Cl. The minimum atomic E-state index is 0.0511. The Labute approximate surface area is 121 Å². The first kappa shape index (κ1) is 16.0. The molecule has 1 N–H and O–H groups in total. The predicted molar refractivity (Wildman–Crippen MR) is 81.2 cm³/mol. The molecule has 0 aliphatic rings. The van der Waals surface area contributed by atoms with E-state index in [9.17, 15) is 0 Å². The van der Waals surface area contributed by atoms with E-state index in [4.69, 9.17) is 16.9 Å². The fourth-order valence-electron chi connectivity index (χ4n) is 2.48. The molecule has 19 heavy (non-hydrogen) atoms. The van der Waals surface area contributed by atoms with Crippen molar-refractivity contribution in [3.05, 3.63) is 34.3 Å². The molecule has 0 aliphatic carbocycles. The first-order valence-corrected chi connectivity index (χ1v) is 6.94. The minimum absolute atomic E-state index is 0.0511. The third-order valence-electron chi connectivity index (χ3n) is 2.91. The van der Waals surface area contributed by atoms with Crippen LogP contribution in [0.3, 0.4) is 0 Å². The van der Waals surface area contributed by atoms with Crippen LogP contribution in [0.15, 0.2) is 18.2 Å². The van der Waals surface area contributed by atoms with Gasteiger partial charge >= 0.3 is 0 Å². The molecule has 3 heteroatoms. The predicted octanol–water partition coefficient (Wildman–Crippen LogP) is 4.52. The van der Waals surface area contributed by atoms with E-state index in [0.29, 0.717) is 17.1 Å². The van der Waals surface area contributed by atoms with Gasteiger partial charge < -0.3 is 5.32 Å². The molecule has 0 saturated heterocycles. The number of hydrogen-bond donors (Lipinski definition) is 1. The highest BCUT2D eigenvalue weighted by Gasteiger charge is 2.24. The Morgan fingerprint density at radius 2 is 1.84 bits per heavy atom. The van der Waals surface area contributed by atoms with Crippen molar-refractivity contribution in [3.8, 4) is 6.07 Å². The van der Waals surface area contributed by atoms with Crippen molar-refractivity contribution in [3.63, 3.8) is 0 Å². The monoisotopic (exact) mass is 278 g/mol. The minimum Gasteiger partial charge on any atom is -0.308 e. The van der Waals surface area contributed by atoms with E-state index in [1.54, 1.807) is 12.1 Å². The Bertz CT molecular complexity index is 479. The fourth-order valence-corrected chi connectivity index (χ4v) is 2.73.